The second kappa shape index (κ2) is 6.43. The zero-order valence-corrected chi connectivity index (χ0v) is 14.0. The summed E-state index contributed by atoms with van der Waals surface area (Å²) in [6.07, 6.45) is 0. The quantitative estimate of drug-likeness (QED) is 0.780. The number of halogens is 1. The van der Waals surface area contributed by atoms with Crippen molar-refractivity contribution in [3.8, 4) is 17.2 Å². The predicted octanol–water partition coefficient (Wildman–Crippen LogP) is 2.58. The Morgan fingerprint density at radius 3 is 2.16 bits per heavy atom. The van der Waals surface area contributed by atoms with Gasteiger partial charge in [-0.1, -0.05) is 12.1 Å². The fraction of sp³-hybridized carbons (Fsp3) is 0.222. The molecule has 0 spiro atoms. The van der Waals surface area contributed by atoms with Crippen molar-refractivity contribution < 1.29 is 28.2 Å². The standard InChI is InChI=1S/C18H16FNO5/c1-23-13-8-12-14(17(25-3)16(13)24-2)15(21)18(22)20(12)9-10-4-6-11(19)7-5-10/h4-8H,9H2,1-3H3. The zero-order valence-electron chi connectivity index (χ0n) is 14.0. The van der Waals surface area contributed by atoms with Crippen LogP contribution in [0, 0.1) is 5.82 Å². The van der Waals surface area contributed by atoms with Gasteiger partial charge in [0, 0.05) is 6.07 Å². The first-order valence-electron chi connectivity index (χ1n) is 7.45. The minimum absolute atomic E-state index is 0.122. The van der Waals surface area contributed by atoms with Crippen LogP contribution in [0.4, 0.5) is 10.1 Å². The molecule has 0 fully saturated rings. The largest absolute Gasteiger partial charge is 0.493 e. The van der Waals surface area contributed by atoms with E-state index < -0.39 is 11.7 Å². The smallest absolute Gasteiger partial charge is 0.299 e. The fourth-order valence-electron chi connectivity index (χ4n) is 2.84. The number of hydrogen-bond donors (Lipinski definition) is 0. The number of fused-ring (bicyclic) bond motifs is 1. The van der Waals surface area contributed by atoms with Crippen LogP contribution in [0.3, 0.4) is 0 Å². The lowest BCUT2D eigenvalue weighted by Crippen LogP contribution is -2.29. The molecule has 2 aromatic carbocycles. The fourth-order valence-corrected chi connectivity index (χ4v) is 2.84. The second-order valence-corrected chi connectivity index (χ2v) is 5.39. The number of carbonyl (C=O) groups is 2. The monoisotopic (exact) mass is 345 g/mol. The van der Waals surface area contributed by atoms with E-state index >= 15 is 0 Å². The summed E-state index contributed by atoms with van der Waals surface area (Å²) < 4.78 is 28.9. The summed E-state index contributed by atoms with van der Waals surface area (Å²) in [7, 11) is 4.26. The van der Waals surface area contributed by atoms with Crippen molar-refractivity contribution in [2.75, 3.05) is 26.2 Å². The lowest BCUT2D eigenvalue weighted by molar-refractivity contribution is -0.114. The summed E-state index contributed by atoms with van der Waals surface area (Å²) in [5, 5.41) is 0. The highest BCUT2D eigenvalue weighted by Gasteiger charge is 2.41. The number of nitrogens with zero attached hydrogens (tertiary/aromatic N) is 1. The molecule has 0 saturated heterocycles. The number of benzene rings is 2. The highest BCUT2D eigenvalue weighted by Crippen LogP contribution is 2.48. The van der Waals surface area contributed by atoms with Gasteiger partial charge >= 0.3 is 0 Å². The molecular formula is C18H16FNO5. The highest BCUT2D eigenvalue weighted by molar-refractivity contribution is 6.53. The van der Waals surface area contributed by atoms with Crippen LogP contribution in [0.5, 0.6) is 17.2 Å². The number of methoxy groups -OCH3 is 3. The van der Waals surface area contributed by atoms with E-state index in [1.165, 1.54) is 38.4 Å². The van der Waals surface area contributed by atoms with Crippen LogP contribution < -0.4 is 19.1 Å². The summed E-state index contributed by atoms with van der Waals surface area (Å²) in [5.74, 6) is -1.01. The maximum Gasteiger partial charge on any atom is 0.299 e. The maximum absolute atomic E-state index is 13.1. The average molecular weight is 345 g/mol. The van der Waals surface area contributed by atoms with Gasteiger partial charge in [-0.05, 0) is 17.7 Å². The summed E-state index contributed by atoms with van der Waals surface area (Å²) >= 11 is 0. The van der Waals surface area contributed by atoms with Gasteiger partial charge in [0.1, 0.15) is 5.82 Å². The molecule has 2 aromatic rings. The number of Topliss-reactive ketones (excluding diaryl/α,β-unsaturated/α-hetero) is 1. The molecule has 1 aliphatic heterocycles. The van der Waals surface area contributed by atoms with Crippen molar-refractivity contribution in [3.63, 3.8) is 0 Å². The predicted molar refractivity (Wildman–Crippen MR) is 88.0 cm³/mol. The summed E-state index contributed by atoms with van der Waals surface area (Å²) in [5.41, 5.74) is 1.19. The summed E-state index contributed by atoms with van der Waals surface area (Å²) in [4.78, 5) is 26.3. The minimum Gasteiger partial charge on any atom is -0.493 e. The van der Waals surface area contributed by atoms with Gasteiger partial charge < -0.3 is 19.1 Å². The van der Waals surface area contributed by atoms with Gasteiger partial charge in [-0.2, -0.15) is 0 Å². The molecule has 0 radical (unpaired) electrons. The Bertz CT molecular complexity index is 848. The minimum atomic E-state index is -0.687. The van der Waals surface area contributed by atoms with Gasteiger partial charge in [-0.15, -0.1) is 0 Å². The first-order chi connectivity index (χ1) is 12.0. The lowest BCUT2D eigenvalue weighted by Gasteiger charge is -2.19. The van der Waals surface area contributed by atoms with Crippen molar-refractivity contribution in [2.24, 2.45) is 0 Å². The first kappa shape index (κ1) is 16.8. The van der Waals surface area contributed by atoms with E-state index in [-0.39, 0.29) is 29.4 Å². The van der Waals surface area contributed by atoms with E-state index in [0.29, 0.717) is 17.0 Å². The molecule has 0 aliphatic carbocycles. The third-order valence-corrected chi connectivity index (χ3v) is 4.02. The average Bonchev–Trinajstić information content (AvgIpc) is 2.86. The molecule has 1 amide bonds. The van der Waals surface area contributed by atoms with E-state index in [0.717, 1.165) is 0 Å². The van der Waals surface area contributed by atoms with Crippen molar-refractivity contribution in [1.29, 1.82) is 0 Å². The van der Waals surface area contributed by atoms with Crippen molar-refractivity contribution in [2.45, 2.75) is 6.54 Å². The third kappa shape index (κ3) is 2.67. The van der Waals surface area contributed by atoms with Gasteiger partial charge in [-0.25, -0.2) is 4.39 Å². The van der Waals surface area contributed by atoms with Gasteiger partial charge in [0.05, 0.1) is 39.1 Å². The van der Waals surface area contributed by atoms with Gasteiger partial charge in [0.25, 0.3) is 11.7 Å². The van der Waals surface area contributed by atoms with E-state index in [1.807, 2.05) is 0 Å². The van der Waals surface area contributed by atoms with Crippen molar-refractivity contribution in [3.05, 3.63) is 47.3 Å². The van der Waals surface area contributed by atoms with Gasteiger partial charge in [0.2, 0.25) is 5.75 Å². The highest BCUT2D eigenvalue weighted by atomic mass is 19.1. The number of amides is 1. The molecule has 1 aliphatic rings. The van der Waals surface area contributed by atoms with Crippen molar-refractivity contribution >= 4 is 17.4 Å². The molecule has 130 valence electrons. The van der Waals surface area contributed by atoms with E-state index in [1.54, 1.807) is 18.2 Å². The molecule has 25 heavy (non-hydrogen) atoms. The number of hydrogen-bond acceptors (Lipinski definition) is 5. The Morgan fingerprint density at radius 2 is 1.60 bits per heavy atom. The lowest BCUT2D eigenvalue weighted by atomic mass is 10.1. The molecule has 0 bridgehead atoms. The molecule has 1 heterocycles. The molecule has 6 nitrogen and oxygen atoms in total. The molecule has 7 heteroatoms. The van der Waals surface area contributed by atoms with E-state index in [9.17, 15) is 14.0 Å². The zero-order chi connectivity index (χ0) is 18.1. The number of carbonyl (C=O) groups excluding carboxylic acids is 2. The van der Waals surface area contributed by atoms with Crippen LogP contribution in [0.15, 0.2) is 30.3 Å². The van der Waals surface area contributed by atoms with Crippen LogP contribution >= 0.6 is 0 Å². The van der Waals surface area contributed by atoms with Gasteiger partial charge in [-0.3, -0.25) is 9.59 Å². The Kier molecular flexibility index (Phi) is 4.31. The van der Waals surface area contributed by atoms with Crippen LogP contribution in [-0.2, 0) is 11.3 Å². The van der Waals surface area contributed by atoms with Crippen LogP contribution in [0.25, 0.3) is 0 Å². The van der Waals surface area contributed by atoms with Crippen LogP contribution in [-0.4, -0.2) is 33.0 Å². The SMILES string of the molecule is COc1cc2c(c(OC)c1OC)C(=O)C(=O)N2Cc1ccc(F)cc1. The molecule has 0 unspecified atom stereocenters. The number of anilines is 1. The molecule has 0 saturated carbocycles. The van der Waals surface area contributed by atoms with Crippen LogP contribution in [0.2, 0.25) is 0 Å². The maximum atomic E-state index is 13.1. The molecule has 0 atom stereocenters. The second-order valence-electron chi connectivity index (χ2n) is 5.39. The number of ketones is 1. The van der Waals surface area contributed by atoms with Crippen molar-refractivity contribution in [1.82, 2.24) is 0 Å². The molecule has 3 rings (SSSR count). The van der Waals surface area contributed by atoms with Crippen LogP contribution in [0.1, 0.15) is 15.9 Å². The van der Waals surface area contributed by atoms with E-state index in [2.05, 4.69) is 0 Å². The van der Waals surface area contributed by atoms with E-state index in [4.69, 9.17) is 14.2 Å². The molecule has 0 aromatic heterocycles. The Labute approximate surface area is 143 Å². The molecule has 0 N–H and O–H groups in total. The topological polar surface area (TPSA) is 65.1 Å². The van der Waals surface area contributed by atoms with Gasteiger partial charge in [0.15, 0.2) is 11.5 Å². The molecular weight excluding hydrogens is 329 g/mol. The number of ether oxygens (including phenoxy) is 3. The number of rotatable bonds is 5. The Hall–Kier alpha value is -3.09. The normalized spacial score (nSPS) is 13.0. The summed E-state index contributed by atoms with van der Waals surface area (Å²) in [6.45, 7) is 0.122. The Balaban J connectivity index is 2.12. The summed E-state index contributed by atoms with van der Waals surface area (Å²) in [6, 6.07) is 7.27. The first-order valence-corrected chi connectivity index (χ1v) is 7.45. The third-order valence-electron chi connectivity index (χ3n) is 4.02. The Morgan fingerprint density at radius 1 is 0.960 bits per heavy atom.